The Bertz CT molecular complexity index is 1100. The van der Waals surface area contributed by atoms with Gasteiger partial charge in [0.2, 0.25) is 0 Å². The molecule has 0 aliphatic carbocycles. The largest absolute Gasteiger partial charge is 0.345 e. The highest BCUT2D eigenvalue weighted by atomic mass is 16.2. The first-order chi connectivity index (χ1) is 13.6. The molecule has 0 radical (unpaired) electrons. The molecule has 0 saturated heterocycles. The molecule has 0 atom stereocenters. The lowest BCUT2D eigenvalue weighted by Gasteiger charge is -2.04. The summed E-state index contributed by atoms with van der Waals surface area (Å²) in [4.78, 5) is 18.1. The van der Waals surface area contributed by atoms with Crippen LogP contribution in [0.4, 0.5) is 0 Å². The molecule has 4 aromatic rings. The minimum absolute atomic E-state index is 0.199. The SMILES string of the molecule is Cc1ccc(-n2cc(C(=O)NCc3ccc(-n4nccn4)nn3)nn2)c(C)n1. The molecular weight excluding hydrogens is 360 g/mol. The van der Waals surface area contributed by atoms with Crippen LogP contribution in [0.5, 0.6) is 0 Å². The third kappa shape index (κ3) is 3.58. The van der Waals surface area contributed by atoms with E-state index in [4.69, 9.17) is 0 Å². The summed E-state index contributed by atoms with van der Waals surface area (Å²) in [6.45, 7) is 4.00. The number of amides is 1. The van der Waals surface area contributed by atoms with Crippen LogP contribution in [-0.4, -0.2) is 51.1 Å². The quantitative estimate of drug-likeness (QED) is 0.535. The van der Waals surface area contributed by atoms with Crippen LogP contribution in [0.3, 0.4) is 0 Å². The second kappa shape index (κ2) is 7.31. The van der Waals surface area contributed by atoms with E-state index in [0.717, 1.165) is 17.1 Å². The Labute approximate surface area is 159 Å². The lowest BCUT2D eigenvalue weighted by atomic mass is 10.3. The fourth-order valence-electron chi connectivity index (χ4n) is 2.56. The molecule has 140 valence electrons. The van der Waals surface area contributed by atoms with Crippen molar-refractivity contribution in [1.82, 2.24) is 50.5 Å². The van der Waals surface area contributed by atoms with Gasteiger partial charge >= 0.3 is 0 Å². The van der Waals surface area contributed by atoms with Crippen molar-refractivity contribution in [2.45, 2.75) is 20.4 Å². The summed E-state index contributed by atoms with van der Waals surface area (Å²) in [7, 11) is 0. The Morgan fingerprint density at radius 2 is 1.86 bits per heavy atom. The normalized spacial score (nSPS) is 10.8. The van der Waals surface area contributed by atoms with Gasteiger partial charge in [-0.25, -0.2) is 4.68 Å². The first-order valence-electron chi connectivity index (χ1n) is 8.44. The minimum atomic E-state index is -0.358. The third-order valence-corrected chi connectivity index (χ3v) is 3.93. The van der Waals surface area contributed by atoms with Crippen molar-refractivity contribution in [3.8, 4) is 11.5 Å². The van der Waals surface area contributed by atoms with Crippen molar-refractivity contribution in [3.63, 3.8) is 0 Å². The van der Waals surface area contributed by atoms with Crippen molar-refractivity contribution < 1.29 is 4.79 Å². The number of rotatable bonds is 5. The standard InChI is InChI=1S/C17H16N10O/c1-11-3-5-15(12(2)21-11)26-10-14(23-25-26)17(28)18-9-13-4-6-16(24-22-13)27-19-7-8-20-27/h3-8,10H,9H2,1-2H3,(H,18,28). The number of nitrogens with zero attached hydrogens (tertiary/aromatic N) is 9. The number of aryl methyl sites for hydroxylation is 2. The molecule has 0 saturated carbocycles. The van der Waals surface area contributed by atoms with Crippen LogP contribution >= 0.6 is 0 Å². The Kier molecular flexibility index (Phi) is 4.54. The smallest absolute Gasteiger partial charge is 0.273 e. The first-order valence-corrected chi connectivity index (χ1v) is 8.44. The molecule has 4 aromatic heterocycles. The molecule has 1 N–H and O–H groups in total. The highest BCUT2D eigenvalue weighted by Gasteiger charge is 2.13. The molecular formula is C17H16N10O. The number of hydrogen-bond donors (Lipinski definition) is 1. The van der Waals surface area contributed by atoms with Gasteiger partial charge in [-0.2, -0.15) is 15.3 Å². The molecule has 0 spiro atoms. The van der Waals surface area contributed by atoms with Gasteiger partial charge in [-0.15, -0.1) is 15.0 Å². The Morgan fingerprint density at radius 1 is 1.04 bits per heavy atom. The molecule has 0 bridgehead atoms. The van der Waals surface area contributed by atoms with Crippen molar-refractivity contribution >= 4 is 5.91 Å². The molecule has 0 aromatic carbocycles. The monoisotopic (exact) mass is 376 g/mol. The van der Waals surface area contributed by atoms with Gasteiger partial charge in [0, 0.05) is 5.69 Å². The molecule has 11 heteroatoms. The van der Waals surface area contributed by atoms with E-state index in [1.54, 1.807) is 30.7 Å². The highest BCUT2D eigenvalue weighted by molar-refractivity contribution is 5.91. The lowest BCUT2D eigenvalue weighted by molar-refractivity contribution is 0.0945. The van der Waals surface area contributed by atoms with Crippen LogP contribution < -0.4 is 5.32 Å². The lowest BCUT2D eigenvalue weighted by Crippen LogP contribution is -2.24. The molecule has 1 amide bonds. The van der Waals surface area contributed by atoms with Crippen LogP contribution in [-0.2, 0) is 6.54 Å². The number of carbonyl (C=O) groups is 1. The van der Waals surface area contributed by atoms with E-state index in [9.17, 15) is 4.79 Å². The van der Waals surface area contributed by atoms with Crippen LogP contribution in [0.2, 0.25) is 0 Å². The van der Waals surface area contributed by atoms with Gasteiger partial charge < -0.3 is 5.32 Å². The van der Waals surface area contributed by atoms with Gasteiger partial charge in [0.05, 0.1) is 42.2 Å². The Morgan fingerprint density at radius 3 is 2.57 bits per heavy atom. The van der Waals surface area contributed by atoms with Crippen molar-refractivity contribution in [2.75, 3.05) is 0 Å². The molecule has 0 aliphatic rings. The number of nitrogens with one attached hydrogen (secondary N) is 1. The summed E-state index contributed by atoms with van der Waals surface area (Å²) in [6.07, 6.45) is 4.67. The fraction of sp³-hybridized carbons (Fsp3) is 0.176. The molecule has 4 rings (SSSR count). The van der Waals surface area contributed by atoms with Gasteiger partial charge in [0.15, 0.2) is 11.5 Å². The van der Waals surface area contributed by atoms with E-state index in [2.05, 4.69) is 41.0 Å². The first kappa shape index (κ1) is 17.4. The second-order valence-electron chi connectivity index (χ2n) is 5.99. The highest BCUT2D eigenvalue weighted by Crippen LogP contribution is 2.11. The summed E-state index contributed by atoms with van der Waals surface area (Å²) in [5.74, 6) is 0.133. The fourth-order valence-corrected chi connectivity index (χ4v) is 2.56. The van der Waals surface area contributed by atoms with E-state index in [0.29, 0.717) is 11.5 Å². The van der Waals surface area contributed by atoms with Crippen LogP contribution in [0.15, 0.2) is 42.9 Å². The summed E-state index contributed by atoms with van der Waals surface area (Å²) in [6, 6.07) is 7.23. The van der Waals surface area contributed by atoms with Gasteiger partial charge in [-0.3, -0.25) is 9.78 Å². The van der Waals surface area contributed by atoms with Crippen molar-refractivity contribution in [3.05, 3.63) is 65.6 Å². The molecule has 28 heavy (non-hydrogen) atoms. The van der Waals surface area contributed by atoms with Crippen LogP contribution in [0.1, 0.15) is 27.6 Å². The number of pyridine rings is 1. The predicted octanol–water partition coefficient (Wildman–Crippen LogP) is 0.580. The zero-order chi connectivity index (χ0) is 19.5. The van der Waals surface area contributed by atoms with Gasteiger partial charge in [-0.1, -0.05) is 5.21 Å². The van der Waals surface area contributed by atoms with Crippen LogP contribution in [0.25, 0.3) is 11.5 Å². The second-order valence-corrected chi connectivity index (χ2v) is 5.99. The summed E-state index contributed by atoms with van der Waals surface area (Å²) < 4.78 is 1.53. The topological polar surface area (TPSA) is 129 Å². The summed E-state index contributed by atoms with van der Waals surface area (Å²) >= 11 is 0. The maximum absolute atomic E-state index is 12.3. The maximum atomic E-state index is 12.3. The summed E-state index contributed by atoms with van der Waals surface area (Å²) in [5.41, 5.74) is 3.28. The van der Waals surface area contributed by atoms with E-state index < -0.39 is 0 Å². The van der Waals surface area contributed by atoms with E-state index in [1.165, 1.54) is 9.48 Å². The average molecular weight is 376 g/mol. The predicted molar refractivity (Wildman–Crippen MR) is 96.7 cm³/mol. The minimum Gasteiger partial charge on any atom is -0.345 e. The number of aromatic nitrogens is 9. The van der Waals surface area contributed by atoms with Gasteiger partial charge in [0.1, 0.15) is 0 Å². The molecule has 0 fully saturated rings. The van der Waals surface area contributed by atoms with Crippen molar-refractivity contribution in [2.24, 2.45) is 0 Å². The molecule has 0 aliphatic heterocycles. The molecule has 11 nitrogen and oxygen atoms in total. The van der Waals surface area contributed by atoms with E-state index in [1.807, 2.05) is 26.0 Å². The Hall–Kier alpha value is -4.02. The Balaban J connectivity index is 1.41. The van der Waals surface area contributed by atoms with Crippen molar-refractivity contribution in [1.29, 1.82) is 0 Å². The molecule has 4 heterocycles. The average Bonchev–Trinajstić information content (AvgIpc) is 3.39. The van der Waals surface area contributed by atoms with Gasteiger partial charge in [-0.05, 0) is 38.1 Å². The molecule has 0 unspecified atom stereocenters. The summed E-state index contributed by atoms with van der Waals surface area (Å²) in [5, 5.41) is 26.7. The van der Waals surface area contributed by atoms with Crippen LogP contribution in [0, 0.1) is 13.8 Å². The number of hydrogen-bond acceptors (Lipinski definition) is 8. The maximum Gasteiger partial charge on any atom is 0.273 e. The zero-order valence-electron chi connectivity index (χ0n) is 15.2. The van der Waals surface area contributed by atoms with E-state index in [-0.39, 0.29) is 18.1 Å². The number of carbonyl (C=O) groups excluding carboxylic acids is 1. The van der Waals surface area contributed by atoms with Gasteiger partial charge in [0.25, 0.3) is 5.91 Å². The zero-order valence-corrected chi connectivity index (χ0v) is 15.2. The van der Waals surface area contributed by atoms with E-state index >= 15 is 0 Å². The third-order valence-electron chi connectivity index (χ3n) is 3.93.